The van der Waals surface area contributed by atoms with Crippen LogP contribution in [0.2, 0.25) is 0 Å². The van der Waals surface area contributed by atoms with Gasteiger partial charge in [-0.2, -0.15) is 0 Å². The molecule has 0 radical (unpaired) electrons. The van der Waals surface area contributed by atoms with Gasteiger partial charge in [0, 0.05) is 18.6 Å². The van der Waals surface area contributed by atoms with Gasteiger partial charge in [-0.05, 0) is 43.8 Å². The highest BCUT2D eigenvalue weighted by Gasteiger charge is 2.30. The summed E-state index contributed by atoms with van der Waals surface area (Å²) in [5.41, 5.74) is 1.45. The van der Waals surface area contributed by atoms with E-state index in [9.17, 15) is 0 Å². The summed E-state index contributed by atoms with van der Waals surface area (Å²) in [6.45, 7) is 6.06. The summed E-state index contributed by atoms with van der Waals surface area (Å²) in [5.74, 6) is 0.873. The molecule has 3 unspecified atom stereocenters. The predicted molar refractivity (Wildman–Crippen MR) is 84.8 cm³/mol. The molecular weight excluding hydrogens is 244 g/mol. The maximum absolute atomic E-state index is 3.74. The molecule has 3 atom stereocenters. The van der Waals surface area contributed by atoms with Gasteiger partial charge in [-0.1, -0.05) is 50.1 Å². The smallest absolute Gasteiger partial charge is 0.0449 e. The Kier molecular flexibility index (Phi) is 4.74. The summed E-state index contributed by atoms with van der Waals surface area (Å²) in [7, 11) is 0. The number of benzene rings is 1. The number of hydrogen-bond acceptors (Lipinski definition) is 2. The summed E-state index contributed by atoms with van der Waals surface area (Å²) in [6.07, 6.45) is 6.97. The highest BCUT2D eigenvalue weighted by Crippen LogP contribution is 2.30. The Labute approximate surface area is 123 Å². The molecule has 1 aliphatic heterocycles. The monoisotopic (exact) mass is 272 g/mol. The van der Waals surface area contributed by atoms with E-state index < -0.39 is 0 Å². The molecule has 0 spiro atoms. The fourth-order valence-corrected chi connectivity index (χ4v) is 4.00. The third kappa shape index (κ3) is 3.24. The van der Waals surface area contributed by atoms with Gasteiger partial charge in [0.15, 0.2) is 0 Å². The Morgan fingerprint density at radius 2 is 1.85 bits per heavy atom. The first-order chi connectivity index (χ1) is 9.84. The zero-order valence-corrected chi connectivity index (χ0v) is 12.7. The summed E-state index contributed by atoms with van der Waals surface area (Å²) >= 11 is 0. The number of hydrogen-bond donors (Lipinski definition) is 1. The van der Waals surface area contributed by atoms with Gasteiger partial charge in [0.2, 0.25) is 0 Å². The van der Waals surface area contributed by atoms with Crippen LogP contribution in [0.25, 0.3) is 0 Å². The quantitative estimate of drug-likeness (QED) is 0.885. The van der Waals surface area contributed by atoms with Gasteiger partial charge < -0.3 is 5.32 Å². The van der Waals surface area contributed by atoms with Gasteiger partial charge >= 0.3 is 0 Å². The van der Waals surface area contributed by atoms with Gasteiger partial charge in [0.25, 0.3) is 0 Å². The molecule has 2 aliphatic rings. The van der Waals surface area contributed by atoms with Crippen LogP contribution in [0.1, 0.15) is 50.6 Å². The summed E-state index contributed by atoms with van der Waals surface area (Å²) in [4.78, 5) is 2.78. The molecule has 1 heterocycles. The minimum atomic E-state index is 0.507. The van der Waals surface area contributed by atoms with Crippen LogP contribution >= 0.6 is 0 Å². The summed E-state index contributed by atoms with van der Waals surface area (Å²) < 4.78 is 0. The first-order valence-electron chi connectivity index (χ1n) is 8.37. The maximum atomic E-state index is 3.74. The van der Waals surface area contributed by atoms with Crippen LogP contribution in [0.3, 0.4) is 0 Å². The molecule has 1 aromatic rings. The van der Waals surface area contributed by atoms with Crippen LogP contribution < -0.4 is 5.32 Å². The van der Waals surface area contributed by atoms with Crippen molar-refractivity contribution in [3.63, 3.8) is 0 Å². The fraction of sp³-hybridized carbons (Fsp3) is 0.667. The molecule has 1 aromatic carbocycles. The van der Waals surface area contributed by atoms with Gasteiger partial charge in [0.05, 0.1) is 0 Å². The van der Waals surface area contributed by atoms with Crippen molar-refractivity contribution in [3.8, 4) is 0 Å². The van der Waals surface area contributed by atoms with Gasteiger partial charge in [0.1, 0.15) is 0 Å². The van der Waals surface area contributed by atoms with E-state index in [4.69, 9.17) is 0 Å². The minimum absolute atomic E-state index is 0.507. The lowest BCUT2D eigenvalue weighted by Crippen LogP contribution is -2.44. The van der Waals surface area contributed by atoms with Gasteiger partial charge in [-0.3, -0.25) is 4.90 Å². The van der Waals surface area contributed by atoms with Crippen molar-refractivity contribution in [1.29, 1.82) is 0 Å². The van der Waals surface area contributed by atoms with Crippen molar-refractivity contribution < 1.29 is 0 Å². The van der Waals surface area contributed by atoms with Crippen molar-refractivity contribution in [1.82, 2.24) is 10.2 Å². The number of rotatable bonds is 2. The average Bonchev–Trinajstić information content (AvgIpc) is 2.75. The van der Waals surface area contributed by atoms with Crippen molar-refractivity contribution in [2.75, 3.05) is 19.6 Å². The fourth-order valence-electron chi connectivity index (χ4n) is 4.00. The molecule has 0 amide bonds. The molecule has 110 valence electrons. The van der Waals surface area contributed by atoms with Crippen LogP contribution in [-0.4, -0.2) is 30.6 Å². The average molecular weight is 272 g/mol. The minimum Gasteiger partial charge on any atom is -0.309 e. The maximum Gasteiger partial charge on any atom is 0.0449 e. The molecule has 1 N–H and O–H groups in total. The molecule has 0 bridgehead atoms. The van der Waals surface area contributed by atoms with Crippen LogP contribution in [0.5, 0.6) is 0 Å². The molecule has 1 saturated carbocycles. The second-order valence-electron chi connectivity index (χ2n) is 6.59. The van der Waals surface area contributed by atoms with E-state index >= 15 is 0 Å². The van der Waals surface area contributed by atoms with E-state index in [0.717, 1.165) is 18.5 Å². The third-order valence-electron chi connectivity index (χ3n) is 5.17. The first kappa shape index (κ1) is 14.1. The molecular formula is C18H28N2. The van der Waals surface area contributed by atoms with Crippen LogP contribution in [0, 0.1) is 5.92 Å². The van der Waals surface area contributed by atoms with Gasteiger partial charge in [-0.25, -0.2) is 0 Å². The Bertz CT molecular complexity index is 403. The topological polar surface area (TPSA) is 15.3 Å². The molecule has 2 heteroatoms. The van der Waals surface area contributed by atoms with E-state index in [-0.39, 0.29) is 0 Å². The normalized spacial score (nSPS) is 32.8. The van der Waals surface area contributed by atoms with Crippen molar-refractivity contribution in [2.45, 2.75) is 51.1 Å². The second-order valence-corrected chi connectivity index (χ2v) is 6.59. The molecule has 1 aliphatic carbocycles. The highest BCUT2D eigenvalue weighted by molar-refractivity contribution is 5.19. The van der Waals surface area contributed by atoms with E-state index in [1.807, 2.05) is 0 Å². The SMILES string of the molecule is CC1CCCCC1N1CCCNC(c2ccccc2)C1. The van der Waals surface area contributed by atoms with E-state index in [1.165, 1.54) is 50.8 Å². The Morgan fingerprint density at radius 1 is 1.05 bits per heavy atom. The number of nitrogens with one attached hydrogen (secondary N) is 1. The van der Waals surface area contributed by atoms with E-state index in [0.29, 0.717) is 6.04 Å². The van der Waals surface area contributed by atoms with Crippen molar-refractivity contribution >= 4 is 0 Å². The Morgan fingerprint density at radius 3 is 2.65 bits per heavy atom. The molecule has 0 aromatic heterocycles. The van der Waals surface area contributed by atoms with Crippen molar-refractivity contribution in [3.05, 3.63) is 35.9 Å². The van der Waals surface area contributed by atoms with Crippen LogP contribution in [0.4, 0.5) is 0 Å². The van der Waals surface area contributed by atoms with Crippen LogP contribution in [-0.2, 0) is 0 Å². The number of nitrogens with zero attached hydrogens (tertiary/aromatic N) is 1. The lowest BCUT2D eigenvalue weighted by atomic mass is 9.84. The predicted octanol–water partition coefficient (Wildman–Crippen LogP) is 3.60. The molecule has 2 fully saturated rings. The lowest BCUT2D eigenvalue weighted by Gasteiger charge is -2.39. The standard InChI is InChI=1S/C18H28N2/c1-15-8-5-6-11-18(15)20-13-7-12-19-17(14-20)16-9-3-2-4-10-16/h2-4,9-10,15,17-19H,5-8,11-14H2,1H3. The van der Waals surface area contributed by atoms with E-state index in [1.54, 1.807) is 0 Å². The molecule has 20 heavy (non-hydrogen) atoms. The zero-order chi connectivity index (χ0) is 13.8. The largest absolute Gasteiger partial charge is 0.309 e. The zero-order valence-electron chi connectivity index (χ0n) is 12.7. The Hall–Kier alpha value is -0.860. The molecule has 2 nitrogen and oxygen atoms in total. The van der Waals surface area contributed by atoms with E-state index in [2.05, 4.69) is 47.5 Å². The Balaban J connectivity index is 1.72. The molecule has 3 rings (SSSR count). The highest BCUT2D eigenvalue weighted by atomic mass is 15.2. The lowest BCUT2D eigenvalue weighted by molar-refractivity contribution is 0.110. The third-order valence-corrected chi connectivity index (χ3v) is 5.17. The second kappa shape index (κ2) is 6.73. The van der Waals surface area contributed by atoms with Gasteiger partial charge in [-0.15, -0.1) is 0 Å². The summed E-state index contributed by atoms with van der Waals surface area (Å²) in [5, 5.41) is 3.74. The van der Waals surface area contributed by atoms with Crippen LogP contribution in [0.15, 0.2) is 30.3 Å². The summed E-state index contributed by atoms with van der Waals surface area (Å²) in [6, 6.07) is 12.3. The first-order valence-corrected chi connectivity index (χ1v) is 8.37. The molecule has 1 saturated heterocycles. The van der Waals surface area contributed by atoms with Crippen molar-refractivity contribution in [2.24, 2.45) is 5.92 Å².